The largest absolute Gasteiger partial charge is 0.484 e. The van der Waals surface area contributed by atoms with Crippen LogP contribution in [0.2, 0.25) is 0 Å². The summed E-state index contributed by atoms with van der Waals surface area (Å²) in [5.41, 5.74) is 1.74. The first kappa shape index (κ1) is 21.3. The Hall–Kier alpha value is -2.38. The molecule has 0 radical (unpaired) electrons. The first-order valence-corrected chi connectivity index (χ1v) is 11.4. The van der Waals surface area contributed by atoms with Gasteiger partial charge in [0.05, 0.1) is 4.90 Å². The predicted octanol–water partition coefficient (Wildman–Crippen LogP) is 4.00. The Bertz CT molecular complexity index is 934. The van der Waals surface area contributed by atoms with Gasteiger partial charge in [-0.05, 0) is 54.7 Å². The van der Waals surface area contributed by atoms with Crippen molar-refractivity contribution in [3.63, 3.8) is 0 Å². The van der Waals surface area contributed by atoms with Gasteiger partial charge in [-0.15, -0.1) is 0 Å². The molecule has 0 aliphatic heterocycles. The molecule has 0 unspecified atom stereocenters. The van der Waals surface area contributed by atoms with Crippen molar-refractivity contribution < 1.29 is 17.9 Å². The van der Waals surface area contributed by atoms with Gasteiger partial charge >= 0.3 is 0 Å². The van der Waals surface area contributed by atoms with E-state index >= 15 is 0 Å². The van der Waals surface area contributed by atoms with Crippen molar-refractivity contribution in [2.24, 2.45) is 0 Å². The number of amides is 1. The number of hydrogen-bond donors (Lipinski definition) is 1. The van der Waals surface area contributed by atoms with Crippen LogP contribution in [0.1, 0.15) is 43.6 Å². The van der Waals surface area contributed by atoms with Crippen molar-refractivity contribution in [2.75, 3.05) is 26.0 Å². The zero-order chi connectivity index (χ0) is 20.9. The van der Waals surface area contributed by atoms with E-state index in [9.17, 15) is 13.2 Å². The monoisotopic (exact) mass is 416 g/mol. The van der Waals surface area contributed by atoms with Crippen LogP contribution in [0.15, 0.2) is 53.4 Å². The number of ether oxygens (including phenoxy) is 1. The zero-order valence-corrected chi connectivity index (χ0v) is 17.7. The number of nitrogens with zero attached hydrogens (tertiary/aromatic N) is 1. The highest BCUT2D eigenvalue weighted by Gasteiger charge is 2.18. The van der Waals surface area contributed by atoms with Crippen molar-refractivity contribution >= 4 is 21.6 Å². The lowest BCUT2D eigenvalue weighted by atomic mass is 9.84. The number of anilines is 1. The molecule has 6 nitrogen and oxygen atoms in total. The van der Waals surface area contributed by atoms with Crippen molar-refractivity contribution in [2.45, 2.75) is 42.9 Å². The number of nitrogens with one attached hydrogen (secondary N) is 1. The minimum atomic E-state index is -3.55. The molecule has 2 aromatic rings. The van der Waals surface area contributed by atoms with Crippen LogP contribution in [0.4, 0.5) is 5.69 Å². The highest BCUT2D eigenvalue weighted by Crippen LogP contribution is 2.33. The maximum atomic E-state index is 12.2. The molecule has 156 valence electrons. The average Bonchev–Trinajstić information content (AvgIpc) is 2.73. The molecule has 0 spiro atoms. The van der Waals surface area contributed by atoms with Crippen molar-refractivity contribution in [3.05, 3.63) is 54.1 Å². The third-order valence-corrected chi connectivity index (χ3v) is 7.03. The third-order valence-electron chi connectivity index (χ3n) is 5.22. The molecule has 1 fully saturated rings. The average molecular weight is 417 g/mol. The van der Waals surface area contributed by atoms with Crippen molar-refractivity contribution in [3.8, 4) is 5.75 Å². The fourth-order valence-corrected chi connectivity index (χ4v) is 4.51. The molecule has 0 bridgehead atoms. The van der Waals surface area contributed by atoms with Crippen LogP contribution < -0.4 is 10.1 Å². The van der Waals surface area contributed by atoms with E-state index in [0.29, 0.717) is 17.4 Å². The topological polar surface area (TPSA) is 75.7 Å². The van der Waals surface area contributed by atoms with E-state index in [2.05, 4.69) is 17.4 Å². The molecule has 1 aliphatic carbocycles. The molecular formula is C22H28N2O4S. The Balaban J connectivity index is 1.55. The van der Waals surface area contributed by atoms with Crippen LogP contribution in [-0.4, -0.2) is 39.3 Å². The molecule has 29 heavy (non-hydrogen) atoms. The third kappa shape index (κ3) is 5.58. The Kier molecular flexibility index (Phi) is 6.92. The lowest BCUT2D eigenvalue weighted by Gasteiger charge is -2.22. The van der Waals surface area contributed by atoms with Crippen molar-refractivity contribution in [1.29, 1.82) is 0 Å². The summed E-state index contributed by atoms with van der Waals surface area (Å²) >= 11 is 0. The van der Waals surface area contributed by atoms with Crippen molar-refractivity contribution in [1.82, 2.24) is 4.31 Å². The second kappa shape index (κ2) is 9.41. The lowest BCUT2D eigenvalue weighted by molar-refractivity contribution is -0.118. The summed E-state index contributed by atoms with van der Waals surface area (Å²) in [4.78, 5) is 12.3. The number of hydrogen-bond acceptors (Lipinski definition) is 4. The van der Waals surface area contributed by atoms with E-state index in [0.717, 1.165) is 4.31 Å². The fourth-order valence-electron chi connectivity index (χ4n) is 3.56. The van der Waals surface area contributed by atoms with Gasteiger partial charge in [-0.2, -0.15) is 0 Å². The van der Waals surface area contributed by atoms with Gasteiger partial charge in [-0.3, -0.25) is 4.79 Å². The minimum Gasteiger partial charge on any atom is -0.484 e. The molecule has 0 heterocycles. The lowest BCUT2D eigenvalue weighted by Crippen LogP contribution is -2.23. The van der Waals surface area contributed by atoms with Gasteiger partial charge in [-0.1, -0.05) is 37.5 Å². The molecular weight excluding hydrogens is 388 g/mol. The van der Waals surface area contributed by atoms with E-state index in [-0.39, 0.29) is 17.4 Å². The Morgan fingerprint density at radius 2 is 1.76 bits per heavy atom. The summed E-state index contributed by atoms with van der Waals surface area (Å²) in [7, 11) is -0.621. The van der Waals surface area contributed by atoms with Crippen LogP contribution in [0.25, 0.3) is 0 Å². The van der Waals surface area contributed by atoms with Gasteiger partial charge in [0.1, 0.15) is 5.75 Å². The van der Waals surface area contributed by atoms with E-state index in [4.69, 9.17) is 4.74 Å². The summed E-state index contributed by atoms with van der Waals surface area (Å²) in [6, 6.07) is 14.1. The number of carbonyl (C=O) groups is 1. The van der Waals surface area contributed by atoms with Crippen LogP contribution in [0, 0.1) is 0 Å². The molecule has 0 atom stereocenters. The first-order valence-electron chi connectivity index (χ1n) is 9.91. The minimum absolute atomic E-state index is 0.125. The van der Waals surface area contributed by atoms with Crippen LogP contribution in [0.5, 0.6) is 5.75 Å². The van der Waals surface area contributed by atoms with Crippen LogP contribution in [0.3, 0.4) is 0 Å². The molecule has 3 rings (SSSR count). The summed E-state index contributed by atoms with van der Waals surface area (Å²) in [5.74, 6) is 0.927. The second-order valence-corrected chi connectivity index (χ2v) is 9.71. The second-order valence-electron chi connectivity index (χ2n) is 7.56. The summed E-state index contributed by atoms with van der Waals surface area (Å²) in [6.07, 6.45) is 6.40. The highest BCUT2D eigenvalue weighted by atomic mass is 32.2. The molecule has 0 saturated heterocycles. The van der Waals surface area contributed by atoms with Gasteiger partial charge in [0, 0.05) is 19.8 Å². The Morgan fingerprint density at radius 3 is 2.41 bits per heavy atom. The fraction of sp³-hybridized carbons (Fsp3) is 0.409. The number of benzene rings is 2. The predicted molar refractivity (Wildman–Crippen MR) is 114 cm³/mol. The standard InChI is InChI=1S/C22H28N2O4S/c1-24(2)29(26,27)21-10-6-9-19(15-21)23-22(25)16-28-20-13-11-18(12-14-20)17-7-4-3-5-8-17/h6,9-15,17H,3-5,7-8,16H2,1-2H3,(H,23,25). The van der Waals surface area contributed by atoms with E-state index < -0.39 is 10.0 Å². The number of carbonyl (C=O) groups excluding carboxylic acids is 1. The zero-order valence-electron chi connectivity index (χ0n) is 16.9. The molecule has 0 aromatic heterocycles. The Labute approximate surface area is 172 Å². The van der Waals surface area contributed by atoms with Gasteiger partial charge < -0.3 is 10.1 Å². The molecule has 1 saturated carbocycles. The summed E-state index contributed by atoms with van der Waals surface area (Å²) in [5, 5.41) is 2.68. The van der Waals surface area contributed by atoms with E-state index in [1.165, 1.54) is 63.9 Å². The van der Waals surface area contributed by atoms with E-state index in [1.54, 1.807) is 12.1 Å². The maximum absolute atomic E-state index is 12.2. The highest BCUT2D eigenvalue weighted by molar-refractivity contribution is 7.89. The molecule has 1 N–H and O–H groups in total. The molecule has 1 amide bonds. The van der Waals surface area contributed by atoms with Crippen LogP contribution in [-0.2, 0) is 14.8 Å². The summed E-state index contributed by atoms with van der Waals surface area (Å²) < 4.78 is 31.1. The molecule has 7 heteroatoms. The quantitative estimate of drug-likeness (QED) is 0.740. The SMILES string of the molecule is CN(C)S(=O)(=O)c1cccc(NC(=O)COc2ccc(C3CCCCC3)cc2)c1. The number of rotatable bonds is 7. The van der Waals surface area contributed by atoms with Crippen LogP contribution >= 0.6 is 0 Å². The van der Waals surface area contributed by atoms with Gasteiger partial charge in [0.25, 0.3) is 5.91 Å². The number of sulfonamides is 1. The van der Waals surface area contributed by atoms with Gasteiger partial charge in [-0.25, -0.2) is 12.7 Å². The van der Waals surface area contributed by atoms with Gasteiger partial charge in [0.2, 0.25) is 10.0 Å². The first-order chi connectivity index (χ1) is 13.9. The normalized spacial score (nSPS) is 15.3. The maximum Gasteiger partial charge on any atom is 0.262 e. The van der Waals surface area contributed by atoms with E-state index in [1.807, 2.05) is 12.1 Å². The molecule has 1 aliphatic rings. The Morgan fingerprint density at radius 1 is 1.07 bits per heavy atom. The van der Waals surface area contributed by atoms with Gasteiger partial charge in [0.15, 0.2) is 6.61 Å². The smallest absolute Gasteiger partial charge is 0.262 e. The molecule has 2 aromatic carbocycles. The summed E-state index contributed by atoms with van der Waals surface area (Å²) in [6.45, 7) is -0.145.